The smallest absolute Gasteiger partial charge is 0.407 e. The third kappa shape index (κ3) is 7.87. The summed E-state index contributed by atoms with van der Waals surface area (Å²) in [6.45, 7) is 5.92. The first-order valence-electron chi connectivity index (χ1n) is 13.8. The highest BCUT2D eigenvalue weighted by molar-refractivity contribution is 6.04. The molecule has 1 N–H and O–H groups in total. The Morgan fingerprint density at radius 2 is 1.71 bits per heavy atom. The summed E-state index contributed by atoms with van der Waals surface area (Å²) < 4.78 is 22.6. The van der Waals surface area contributed by atoms with Crippen LogP contribution in [0.15, 0.2) is 71.3 Å². The van der Waals surface area contributed by atoms with E-state index < -0.39 is 11.7 Å². The fourth-order valence-electron chi connectivity index (χ4n) is 4.74. The first-order valence-corrected chi connectivity index (χ1v) is 13.8. The van der Waals surface area contributed by atoms with Gasteiger partial charge in [0.1, 0.15) is 17.1 Å². The zero-order valence-electron chi connectivity index (χ0n) is 24.4. The number of nitrogens with zero attached hydrogens (tertiary/aromatic N) is 1. The summed E-state index contributed by atoms with van der Waals surface area (Å²) >= 11 is 0. The van der Waals surface area contributed by atoms with Gasteiger partial charge in [-0.2, -0.15) is 0 Å². The van der Waals surface area contributed by atoms with E-state index in [1.165, 1.54) is 0 Å². The summed E-state index contributed by atoms with van der Waals surface area (Å²) in [5, 5.41) is 4.59. The molecule has 0 spiro atoms. The largest absolute Gasteiger partial charge is 0.496 e. The molecule has 0 saturated heterocycles. The number of ketones is 1. The van der Waals surface area contributed by atoms with Gasteiger partial charge in [0.05, 0.1) is 26.0 Å². The molecule has 1 atom stereocenters. The number of carbonyl (C=O) groups excluding carboxylic acids is 2. The second-order valence-electron chi connectivity index (χ2n) is 10.9. The molecular formula is C33H38N2O6. The van der Waals surface area contributed by atoms with Gasteiger partial charge in [0.2, 0.25) is 0 Å². The van der Waals surface area contributed by atoms with E-state index in [1.54, 1.807) is 20.4 Å². The first kappa shape index (κ1) is 29.6. The van der Waals surface area contributed by atoms with E-state index in [1.807, 2.05) is 81.4 Å². The maximum Gasteiger partial charge on any atom is 0.407 e. The number of Topliss-reactive ketones (excluding diaryl/α,β-unsaturated/α-hetero) is 1. The number of benzene rings is 3. The average Bonchev–Trinajstić information content (AvgIpc) is 3.45. The summed E-state index contributed by atoms with van der Waals surface area (Å²) in [5.74, 6) is 2.32. The SMILES string of the molecule is COc1cc2c(OC)cccc2cc1C(=O)CC[C@@H](CCCNC(=O)OC(C)(C)C)c1ncc(-c2ccccc2)o1. The van der Waals surface area contributed by atoms with Crippen LogP contribution in [0.4, 0.5) is 4.79 Å². The van der Waals surface area contributed by atoms with Crippen molar-refractivity contribution < 1.29 is 28.2 Å². The second-order valence-corrected chi connectivity index (χ2v) is 10.9. The van der Waals surface area contributed by atoms with E-state index >= 15 is 0 Å². The van der Waals surface area contributed by atoms with Gasteiger partial charge in [-0.1, -0.05) is 42.5 Å². The van der Waals surface area contributed by atoms with E-state index in [0.717, 1.165) is 22.1 Å². The monoisotopic (exact) mass is 558 g/mol. The highest BCUT2D eigenvalue weighted by atomic mass is 16.6. The Labute approximate surface area is 241 Å². The molecule has 8 nitrogen and oxygen atoms in total. The quantitative estimate of drug-likeness (QED) is 0.141. The van der Waals surface area contributed by atoms with Crippen LogP contribution in [0.25, 0.3) is 22.1 Å². The minimum Gasteiger partial charge on any atom is -0.496 e. The number of hydrogen-bond acceptors (Lipinski definition) is 7. The summed E-state index contributed by atoms with van der Waals surface area (Å²) in [6, 6.07) is 19.2. The lowest BCUT2D eigenvalue weighted by atomic mass is 9.93. The molecule has 4 aromatic rings. The molecule has 4 rings (SSSR count). The Balaban J connectivity index is 1.49. The van der Waals surface area contributed by atoms with E-state index in [9.17, 15) is 9.59 Å². The highest BCUT2D eigenvalue weighted by Gasteiger charge is 2.22. The van der Waals surface area contributed by atoms with Crippen molar-refractivity contribution in [1.82, 2.24) is 10.3 Å². The molecule has 8 heteroatoms. The summed E-state index contributed by atoms with van der Waals surface area (Å²) in [4.78, 5) is 30.1. The summed E-state index contributed by atoms with van der Waals surface area (Å²) in [5.41, 5.74) is 0.897. The van der Waals surface area contributed by atoms with Crippen molar-refractivity contribution in [3.63, 3.8) is 0 Å². The second kappa shape index (κ2) is 13.4. The van der Waals surface area contributed by atoms with Crippen LogP contribution in [0.3, 0.4) is 0 Å². The van der Waals surface area contributed by atoms with Gasteiger partial charge in [-0.15, -0.1) is 0 Å². The van der Waals surface area contributed by atoms with Crippen molar-refractivity contribution in [3.8, 4) is 22.8 Å². The molecule has 0 radical (unpaired) electrons. The van der Waals surface area contributed by atoms with E-state index in [2.05, 4.69) is 10.3 Å². The van der Waals surface area contributed by atoms with Crippen molar-refractivity contribution in [1.29, 1.82) is 0 Å². The predicted octanol–water partition coefficient (Wildman–Crippen LogP) is 7.56. The Hall–Kier alpha value is -4.33. The van der Waals surface area contributed by atoms with Gasteiger partial charge in [-0.25, -0.2) is 9.78 Å². The molecule has 0 aliphatic heterocycles. The van der Waals surface area contributed by atoms with Crippen LogP contribution in [-0.4, -0.2) is 43.2 Å². The Kier molecular flexibility index (Phi) is 9.65. The molecule has 216 valence electrons. The standard InChI is InChI=1S/C33H38N2O6/c1-33(2,3)41-32(37)34-18-10-14-23(31-35-21-30(40-31)22-11-7-6-8-12-22)16-17-27(36)26-19-24-13-9-15-28(38-4)25(24)20-29(26)39-5/h6-9,11-13,15,19-21,23H,10,14,16-18H2,1-5H3,(H,34,37)/t23-/m1/s1. The van der Waals surface area contributed by atoms with Crippen molar-refractivity contribution in [2.24, 2.45) is 0 Å². The molecule has 0 fully saturated rings. The van der Waals surface area contributed by atoms with Crippen molar-refractivity contribution >= 4 is 22.6 Å². The average molecular weight is 559 g/mol. The summed E-state index contributed by atoms with van der Waals surface area (Å²) in [6.07, 6.45) is 3.41. The fraction of sp³-hybridized carbons (Fsp3) is 0.364. The van der Waals surface area contributed by atoms with Gasteiger partial charge in [-0.3, -0.25) is 4.79 Å². The molecule has 1 amide bonds. The van der Waals surface area contributed by atoms with Gasteiger partial charge in [-0.05, 0) is 63.6 Å². The molecule has 1 aromatic heterocycles. The van der Waals surface area contributed by atoms with Gasteiger partial charge in [0, 0.05) is 29.8 Å². The summed E-state index contributed by atoms with van der Waals surface area (Å²) in [7, 11) is 3.18. The molecular weight excluding hydrogens is 520 g/mol. The van der Waals surface area contributed by atoms with Crippen molar-refractivity contribution in [2.75, 3.05) is 20.8 Å². The van der Waals surface area contributed by atoms with Gasteiger partial charge < -0.3 is 23.9 Å². The van der Waals surface area contributed by atoms with Gasteiger partial charge in [0.15, 0.2) is 17.4 Å². The predicted molar refractivity (Wildman–Crippen MR) is 159 cm³/mol. The van der Waals surface area contributed by atoms with Crippen LogP contribution in [0.5, 0.6) is 11.5 Å². The van der Waals surface area contributed by atoms with Crippen molar-refractivity contribution in [2.45, 2.75) is 58.0 Å². The number of fused-ring (bicyclic) bond motifs is 1. The molecule has 0 unspecified atom stereocenters. The van der Waals surface area contributed by atoms with Crippen LogP contribution in [0, 0.1) is 0 Å². The Morgan fingerprint density at radius 1 is 0.951 bits per heavy atom. The van der Waals surface area contributed by atoms with Crippen LogP contribution in [0.2, 0.25) is 0 Å². The molecule has 0 bridgehead atoms. The maximum absolute atomic E-state index is 13.5. The molecule has 0 aliphatic carbocycles. The molecule has 0 saturated carbocycles. The number of amides is 1. The maximum atomic E-state index is 13.5. The number of rotatable bonds is 12. The molecule has 41 heavy (non-hydrogen) atoms. The number of methoxy groups -OCH3 is 2. The number of hydrogen-bond donors (Lipinski definition) is 1. The lowest BCUT2D eigenvalue weighted by Gasteiger charge is -2.20. The van der Waals surface area contributed by atoms with Gasteiger partial charge >= 0.3 is 6.09 Å². The Bertz CT molecular complexity index is 1470. The number of carbonyl (C=O) groups is 2. The lowest BCUT2D eigenvalue weighted by molar-refractivity contribution is 0.0526. The van der Waals surface area contributed by atoms with E-state index in [4.69, 9.17) is 18.6 Å². The first-order chi connectivity index (χ1) is 19.7. The van der Waals surface area contributed by atoms with Crippen LogP contribution < -0.4 is 14.8 Å². The van der Waals surface area contributed by atoms with E-state index in [0.29, 0.717) is 48.8 Å². The number of alkyl carbamates (subject to hydrolysis) is 1. The molecule has 3 aromatic carbocycles. The number of aromatic nitrogens is 1. The minimum absolute atomic E-state index is 0.0294. The highest BCUT2D eigenvalue weighted by Crippen LogP contribution is 2.34. The number of oxazole rings is 1. The third-order valence-electron chi connectivity index (χ3n) is 6.73. The van der Waals surface area contributed by atoms with E-state index in [-0.39, 0.29) is 18.1 Å². The van der Waals surface area contributed by atoms with Crippen LogP contribution >= 0.6 is 0 Å². The third-order valence-corrected chi connectivity index (χ3v) is 6.73. The van der Waals surface area contributed by atoms with Crippen LogP contribution in [0.1, 0.15) is 68.6 Å². The topological polar surface area (TPSA) is 99.9 Å². The number of ether oxygens (including phenoxy) is 3. The van der Waals surface area contributed by atoms with Gasteiger partial charge in [0.25, 0.3) is 0 Å². The zero-order valence-corrected chi connectivity index (χ0v) is 24.4. The molecule has 0 aliphatic rings. The fourth-order valence-corrected chi connectivity index (χ4v) is 4.74. The zero-order chi connectivity index (χ0) is 29.4. The minimum atomic E-state index is -0.562. The van der Waals surface area contributed by atoms with Crippen LogP contribution in [-0.2, 0) is 4.74 Å². The molecule has 1 heterocycles. The Morgan fingerprint density at radius 3 is 2.41 bits per heavy atom. The van der Waals surface area contributed by atoms with Crippen molar-refractivity contribution in [3.05, 3.63) is 78.3 Å². The lowest BCUT2D eigenvalue weighted by Crippen LogP contribution is -2.33. The number of nitrogens with one attached hydrogen (secondary N) is 1. The normalized spacial score (nSPS) is 12.1.